The second kappa shape index (κ2) is 6.98. The predicted octanol–water partition coefficient (Wildman–Crippen LogP) is 3.03. The number of rotatable bonds is 2. The van der Waals surface area contributed by atoms with Crippen LogP contribution in [0.1, 0.15) is 43.2 Å². The van der Waals surface area contributed by atoms with Crippen molar-refractivity contribution in [2.24, 2.45) is 0 Å². The van der Waals surface area contributed by atoms with Crippen LogP contribution in [0.3, 0.4) is 0 Å². The van der Waals surface area contributed by atoms with Crippen LogP contribution >= 0.6 is 0 Å². The van der Waals surface area contributed by atoms with Crippen molar-refractivity contribution < 1.29 is 23.5 Å². The summed E-state index contributed by atoms with van der Waals surface area (Å²) < 4.78 is 24.0. The Morgan fingerprint density at radius 1 is 1.29 bits per heavy atom. The number of hydrogen-bond donors (Lipinski definition) is 0. The fraction of sp³-hybridized carbons (Fsp3) is 0.471. The van der Waals surface area contributed by atoms with Crippen LogP contribution in [0.4, 0.5) is 9.18 Å². The summed E-state index contributed by atoms with van der Waals surface area (Å²) in [5, 5.41) is 0. The number of ether oxygens (including phenoxy) is 2. The van der Waals surface area contributed by atoms with Crippen molar-refractivity contribution in [3.63, 3.8) is 0 Å². The summed E-state index contributed by atoms with van der Waals surface area (Å²) in [6.07, 6.45) is 1.86. The van der Waals surface area contributed by atoms with Gasteiger partial charge in [0.05, 0.1) is 7.11 Å². The van der Waals surface area contributed by atoms with Gasteiger partial charge in [-0.2, -0.15) is 4.39 Å². The minimum atomic E-state index is -0.727. The maximum Gasteiger partial charge on any atom is 0.410 e. The lowest BCUT2D eigenvalue weighted by molar-refractivity contribution is 0.0270. The highest BCUT2D eigenvalue weighted by Crippen LogP contribution is 2.25. The molecule has 1 aromatic rings. The highest BCUT2D eigenvalue weighted by molar-refractivity contribution is 5.87. The fourth-order valence-corrected chi connectivity index (χ4v) is 2.30. The molecule has 0 radical (unpaired) electrons. The Hall–Kier alpha value is -2.44. The average Bonchev–Trinajstić information content (AvgIpc) is 2.52. The van der Waals surface area contributed by atoms with E-state index in [4.69, 9.17) is 4.74 Å². The summed E-state index contributed by atoms with van der Waals surface area (Å²) in [4.78, 5) is 28.6. The average molecular weight is 336 g/mol. The first-order valence-electron chi connectivity index (χ1n) is 7.63. The first kappa shape index (κ1) is 17.9. The molecule has 2 heterocycles. The predicted molar refractivity (Wildman–Crippen MR) is 85.9 cm³/mol. The Morgan fingerprint density at radius 2 is 2.00 bits per heavy atom. The molecule has 1 aliphatic rings. The van der Waals surface area contributed by atoms with Gasteiger partial charge in [-0.1, -0.05) is 6.08 Å². The molecular formula is C17H21FN2O4. The number of pyridine rings is 1. The quantitative estimate of drug-likeness (QED) is 0.613. The molecule has 0 spiro atoms. The summed E-state index contributed by atoms with van der Waals surface area (Å²) >= 11 is 0. The third-order valence-electron chi connectivity index (χ3n) is 3.45. The van der Waals surface area contributed by atoms with Gasteiger partial charge in [-0.3, -0.25) is 0 Å². The van der Waals surface area contributed by atoms with E-state index in [2.05, 4.69) is 9.72 Å². The van der Waals surface area contributed by atoms with Gasteiger partial charge in [0.25, 0.3) is 0 Å². The first-order chi connectivity index (χ1) is 11.2. The van der Waals surface area contributed by atoms with E-state index in [1.165, 1.54) is 19.2 Å². The molecule has 2 rings (SSSR count). The van der Waals surface area contributed by atoms with E-state index in [0.717, 1.165) is 5.57 Å². The summed E-state index contributed by atoms with van der Waals surface area (Å²) in [7, 11) is 1.21. The summed E-state index contributed by atoms with van der Waals surface area (Å²) in [6, 6.07) is 2.93. The normalized spacial score (nSPS) is 14.9. The minimum Gasteiger partial charge on any atom is -0.464 e. The van der Waals surface area contributed by atoms with Gasteiger partial charge in [0.2, 0.25) is 5.95 Å². The van der Waals surface area contributed by atoms with E-state index in [1.54, 1.807) is 31.7 Å². The number of amides is 1. The van der Waals surface area contributed by atoms with Crippen LogP contribution in [0.2, 0.25) is 0 Å². The molecular weight excluding hydrogens is 315 g/mol. The van der Waals surface area contributed by atoms with Gasteiger partial charge < -0.3 is 14.4 Å². The summed E-state index contributed by atoms with van der Waals surface area (Å²) in [5.74, 6) is -1.41. The Labute approximate surface area is 140 Å². The Balaban J connectivity index is 2.10. The zero-order valence-electron chi connectivity index (χ0n) is 14.3. The number of carbonyl (C=O) groups excluding carboxylic acids is 2. The molecule has 0 aliphatic carbocycles. The number of halogens is 1. The fourth-order valence-electron chi connectivity index (χ4n) is 2.30. The van der Waals surface area contributed by atoms with E-state index in [-0.39, 0.29) is 5.69 Å². The largest absolute Gasteiger partial charge is 0.464 e. The molecule has 1 amide bonds. The molecule has 130 valence electrons. The van der Waals surface area contributed by atoms with Crippen molar-refractivity contribution in [2.45, 2.75) is 32.8 Å². The number of esters is 1. The number of methoxy groups -OCH3 is 1. The maximum atomic E-state index is 14.1. The number of nitrogens with zero attached hydrogens (tertiary/aromatic N) is 2. The van der Waals surface area contributed by atoms with Gasteiger partial charge in [-0.15, -0.1) is 0 Å². The van der Waals surface area contributed by atoms with Crippen molar-refractivity contribution in [3.05, 3.63) is 35.4 Å². The van der Waals surface area contributed by atoms with Crippen LogP contribution in [0.15, 0.2) is 18.2 Å². The lowest BCUT2D eigenvalue weighted by Gasteiger charge is -2.29. The highest BCUT2D eigenvalue weighted by Gasteiger charge is 2.25. The van der Waals surface area contributed by atoms with Gasteiger partial charge in [0.1, 0.15) is 5.60 Å². The summed E-state index contributed by atoms with van der Waals surface area (Å²) in [6.45, 7) is 6.18. The van der Waals surface area contributed by atoms with Crippen LogP contribution in [0, 0.1) is 5.95 Å². The second-order valence-electron chi connectivity index (χ2n) is 6.43. The lowest BCUT2D eigenvalue weighted by atomic mass is 10.0. The molecule has 0 unspecified atom stereocenters. The number of hydrogen-bond acceptors (Lipinski definition) is 5. The molecule has 0 saturated carbocycles. The SMILES string of the molecule is COC(=O)c1ccc(C2=CCN(C(=O)OC(C)(C)C)CC2)c(F)n1. The van der Waals surface area contributed by atoms with E-state index >= 15 is 0 Å². The van der Waals surface area contributed by atoms with Crippen LogP contribution < -0.4 is 0 Å². The third kappa shape index (κ3) is 4.31. The Bertz CT molecular complexity index is 680. The smallest absolute Gasteiger partial charge is 0.410 e. The second-order valence-corrected chi connectivity index (χ2v) is 6.43. The Kier molecular flexibility index (Phi) is 5.21. The number of aromatic nitrogens is 1. The van der Waals surface area contributed by atoms with Crippen molar-refractivity contribution in [3.8, 4) is 0 Å². The van der Waals surface area contributed by atoms with Crippen molar-refractivity contribution in [1.82, 2.24) is 9.88 Å². The number of carbonyl (C=O) groups is 2. The molecule has 24 heavy (non-hydrogen) atoms. The zero-order chi connectivity index (χ0) is 17.9. The topological polar surface area (TPSA) is 68.7 Å². The van der Waals surface area contributed by atoms with E-state index in [9.17, 15) is 14.0 Å². The molecule has 0 atom stereocenters. The van der Waals surface area contributed by atoms with E-state index in [0.29, 0.717) is 25.1 Å². The van der Waals surface area contributed by atoms with Crippen LogP contribution in [-0.4, -0.2) is 47.7 Å². The minimum absolute atomic E-state index is 0.0782. The van der Waals surface area contributed by atoms with Crippen molar-refractivity contribution in [1.29, 1.82) is 0 Å². The van der Waals surface area contributed by atoms with Crippen molar-refractivity contribution in [2.75, 3.05) is 20.2 Å². The third-order valence-corrected chi connectivity index (χ3v) is 3.45. The molecule has 7 heteroatoms. The molecule has 0 aromatic carbocycles. The van der Waals surface area contributed by atoms with Gasteiger partial charge in [0, 0.05) is 18.7 Å². The van der Waals surface area contributed by atoms with Crippen molar-refractivity contribution >= 4 is 17.6 Å². The van der Waals surface area contributed by atoms with Crippen LogP contribution in [-0.2, 0) is 9.47 Å². The molecule has 0 N–H and O–H groups in total. The molecule has 0 bridgehead atoms. The lowest BCUT2D eigenvalue weighted by Crippen LogP contribution is -2.39. The van der Waals surface area contributed by atoms with Crippen LogP contribution in [0.25, 0.3) is 5.57 Å². The zero-order valence-corrected chi connectivity index (χ0v) is 14.3. The Morgan fingerprint density at radius 3 is 2.50 bits per heavy atom. The molecule has 0 saturated heterocycles. The van der Waals surface area contributed by atoms with Gasteiger partial charge >= 0.3 is 12.1 Å². The molecule has 6 nitrogen and oxygen atoms in total. The van der Waals surface area contributed by atoms with E-state index < -0.39 is 23.6 Å². The molecule has 1 aromatic heterocycles. The molecule has 1 aliphatic heterocycles. The van der Waals surface area contributed by atoms with Gasteiger partial charge in [0.15, 0.2) is 5.69 Å². The molecule has 0 fully saturated rings. The first-order valence-corrected chi connectivity index (χ1v) is 7.63. The van der Waals surface area contributed by atoms with Gasteiger partial charge in [-0.05, 0) is 44.9 Å². The van der Waals surface area contributed by atoms with Gasteiger partial charge in [-0.25, -0.2) is 14.6 Å². The standard InChI is InChI=1S/C17H21FN2O4/c1-17(2,3)24-16(22)20-9-7-11(8-10-20)12-5-6-13(15(21)23-4)19-14(12)18/h5-7H,8-10H2,1-4H3. The maximum absolute atomic E-state index is 14.1. The van der Waals surface area contributed by atoms with Crippen LogP contribution in [0.5, 0.6) is 0 Å². The summed E-state index contributed by atoms with van der Waals surface area (Å²) in [5.41, 5.74) is 0.439. The monoisotopic (exact) mass is 336 g/mol. The highest BCUT2D eigenvalue weighted by atomic mass is 19.1. The van der Waals surface area contributed by atoms with E-state index in [1.807, 2.05) is 0 Å².